The van der Waals surface area contributed by atoms with E-state index in [9.17, 15) is 4.79 Å². The predicted molar refractivity (Wildman–Crippen MR) is 104 cm³/mol. The lowest BCUT2D eigenvalue weighted by Crippen LogP contribution is -2.41. The molecule has 2 aliphatic rings. The van der Waals surface area contributed by atoms with Crippen molar-refractivity contribution in [2.45, 2.75) is 38.1 Å². The summed E-state index contributed by atoms with van der Waals surface area (Å²) in [5.74, 6) is 0.805. The van der Waals surface area contributed by atoms with E-state index in [0.29, 0.717) is 17.4 Å². The van der Waals surface area contributed by atoms with Crippen LogP contribution in [0.15, 0.2) is 42.6 Å². The van der Waals surface area contributed by atoms with Gasteiger partial charge in [-0.15, -0.1) is 0 Å². The van der Waals surface area contributed by atoms with E-state index in [2.05, 4.69) is 6.58 Å². The first-order valence-corrected chi connectivity index (χ1v) is 9.19. The van der Waals surface area contributed by atoms with E-state index in [0.717, 1.165) is 24.2 Å². The quantitative estimate of drug-likeness (QED) is 0.454. The minimum absolute atomic E-state index is 0.0198. The summed E-state index contributed by atoms with van der Waals surface area (Å²) in [7, 11) is 1.87. The maximum atomic E-state index is 12.9. The maximum Gasteiger partial charge on any atom is 0.277 e. The van der Waals surface area contributed by atoms with Crippen LogP contribution in [0, 0.1) is 0 Å². The smallest absolute Gasteiger partial charge is 0.277 e. The van der Waals surface area contributed by atoms with Crippen LogP contribution in [0.4, 0.5) is 0 Å². The molecular formula is C20H24N2O2S. The fourth-order valence-electron chi connectivity index (χ4n) is 3.41. The SMILES string of the molecule is C=CCOc1ccc(C=C2C(=O)N(C3CCCCC3)C(=S)N2C)cc1. The zero-order valence-electron chi connectivity index (χ0n) is 14.6. The van der Waals surface area contributed by atoms with Crippen LogP contribution >= 0.6 is 12.2 Å². The molecule has 1 heterocycles. The monoisotopic (exact) mass is 356 g/mol. The number of nitrogens with zero attached hydrogens (tertiary/aromatic N) is 2. The molecule has 3 rings (SSSR count). The highest BCUT2D eigenvalue weighted by Gasteiger charge is 2.40. The Morgan fingerprint density at radius 3 is 2.56 bits per heavy atom. The van der Waals surface area contributed by atoms with Crippen molar-refractivity contribution in [2.24, 2.45) is 0 Å². The van der Waals surface area contributed by atoms with Gasteiger partial charge < -0.3 is 9.64 Å². The van der Waals surface area contributed by atoms with Gasteiger partial charge in [-0.25, -0.2) is 0 Å². The van der Waals surface area contributed by atoms with E-state index in [-0.39, 0.29) is 11.9 Å². The van der Waals surface area contributed by atoms with Crippen molar-refractivity contribution < 1.29 is 9.53 Å². The van der Waals surface area contributed by atoms with Crippen LogP contribution < -0.4 is 4.74 Å². The number of hydrogen-bond donors (Lipinski definition) is 0. The zero-order chi connectivity index (χ0) is 17.8. The summed E-state index contributed by atoms with van der Waals surface area (Å²) < 4.78 is 5.49. The Morgan fingerprint density at radius 1 is 1.24 bits per heavy atom. The molecule has 0 N–H and O–H groups in total. The van der Waals surface area contributed by atoms with E-state index < -0.39 is 0 Å². The first-order valence-electron chi connectivity index (χ1n) is 8.78. The minimum Gasteiger partial charge on any atom is -0.490 e. The van der Waals surface area contributed by atoms with Crippen LogP contribution in [0.1, 0.15) is 37.7 Å². The largest absolute Gasteiger partial charge is 0.490 e. The Morgan fingerprint density at radius 2 is 1.92 bits per heavy atom. The molecule has 2 fully saturated rings. The van der Waals surface area contributed by atoms with Gasteiger partial charge in [0.25, 0.3) is 5.91 Å². The third-order valence-corrected chi connectivity index (χ3v) is 5.25. The normalized spacial score (nSPS) is 20.4. The molecule has 1 saturated carbocycles. The fraction of sp³-hybridized carbons (Fsp3) is 0.400. The van der Waals surface area contributed by atoms with Gasteiger partial charge in [-0.1, -0.05) is 44.1 Å². The lowest BCUT2D eigenvalue weighted by molar-refractivity contribution is -0.124. The van der Waals surface area contributed by atoms with E-state index in [1.807, 2.05) is 47.2 Å². The summed E-state index contributed by atoms with van der Waals surface area (Å²) in [5.41, 5.74) is 1.59. The number of thiocarbonyl (C=S) groups is 1. The van der Waals surface area contributed by atoms with Crippen LogP contribution in [0.5, 0.6) is 5.75 Å². The average molecular weight is 356 g/mol. The Balaban J connectivity index is 1.78. The molecule has 0 spiro atoms. The molecule has 1 aliphatic carbocycles. The van der Waals surface area contributed by atoms with Gasteiger partial charge in [0.1, 0.15) is 18.1 Å². The summed E-state index contributed by atoms with van der Waals surface area (Å²) in [6.07, 6.45) is 9.30. The number of amides is 1. The van der Waals surface area contributed by atoms with E-state index in [1.54, 1.807) is 6.08 Å². The van der Waals surface area contributed by atoms with Gasteiger partial charge in [0.05, 0.1) is 0 Å². The third-order valence-electron chi connectivity index (χ3n) is 4.78. The van der Waals surface area contributed by atoms with Crippen LogP contribution in [-0.4, -0.2) is 40.5 Å². The second kappa shape index (κ2) is 7.83. The van der Waals surface area contributed by atoms with Crippen molar-refractivity contribution in [3.05, 3.63) is 48.2 Å². The molecule has 0 aromatic heterocycles. The van der Waals surface area contributed by atoms with Gasteiger partial charge in [-0.3, -0.25) is 9.69 Å². The van der Waals surface area contributed by atoms with Crippen LogP contribution in [0.3, 0.4) is 0 Å². The summed E-state index contributed by atoms with van der Waals surface area (Å²) in [4.78, 5) is 16.6. The molecule has 0 radical (unpaired) electrons. The number of hydrogen-bond acceptors (Lipinski definition) is 3. The van der Waals surface area contributed by atoms with Crippen LogP contribution in [0.2, 0.25) is 0 Å². The molecular weight excluding hydrogens is 332 g/mol. The van der Waals surface area contributed by atoms with Crippen molar-refractivity contribution in [1.82, 2.24) is 9.80 Å². The Labute approximate surface area is 154 Å². The molecule has 1 saturated heterocycles. The molecule has 5 heteroatoms. The summed E-state index contributed by atoms with van der Waals surface area (Å²) in [6.45, 7) is 4.12. The molecule has 0 atom stereocenters. The zero-order valence-corrected chi connectivity index (χ0v) is 15.4. The van der Waals surface area contributed by atoms with Crippen molar-refractivity contribution in [3.8, 4) is 5.75 Å². The van der Waals surface area contributed by atoms with Crippen molar-refractivity contribution >= 4 is 29.3 Å². The first-order chi connectivity index (χ1) is 12.1. The molecule has 0 unspecified atom stereocenters. The van der Waals surface area contributed by atoms with E-state index >= 15 is 0 Å². The molecule has 1 aromatic rings. The molecule has 1 amide bonds. The second-order valence-corrected chi connectivity index (χ2v) is 6.87. The number of carbonyl (C=O) groups excluding carboxylic acids is 1. The topological polar surface area (TPSA) is 32.8 Å². The second-order valence-electron chi connectivity index (χ2n) is 6.51. The van der Waals surface area contributed by atoms with Crippen molar-refractivity contribution in [2.75, 3.05) is 13.7 Å². The van der Waals surface area contributed by atoms with E-state index in [1.165, 1.54) is 19.3 Å². The summed E-state index contributed by atoms with van der Waals surface area (Å²) >= 11 is 5.54. The minimum atomic E-state index is 0.0198. The molecule has 25 heavy (non-hydrogen) atoms. The van der Waals surface area contributed by atoms with Gasteiger partial charge in [0.2, 0.25) is 0 Å². The third kappa shape index (κ3) is 3.76. The lowest BCUT2D eigenvalue weighted by Gasteiger charge is -2.30. The Kier molecular flexibility index (Phi) is 5.53. The van der Waals surface area contributed by atoms with Crippen LogP contribution in [0.25, 0.3) is 6.08 Å². The highest BCUT2D eigenvalue weighted by molar-refractivity contribution is 7.80. The standard InChI is InChI=1S/C20H24N2O2S/c1-3-13-24-17-11-9-15(10-12-17)14-18-19(23)22(20(25)21(18)2)16-7-5-4-6-8-16/h3,9-12,14,16H,1,4-8,13H2,2H3. The van der Waals surface area contributed by atoms with Crippen LogP contribution in [-0.2, 0) is 4.79 Å². The number of carbonyl (C=O) groups is 1. The highest BCUT2D eigenvalue weighted by atomic mass is 32.1. The van der Waals surface area contributed by atoms with Gasteiger partial charge in [-0.05, 0) is 48.8 Å². The number of rotatable bonds is 5. The van der Waals surface area contributed by atoms with E-state index in [4.69, 9.17) is 17.0 Å². The Hall–Kier alpha value is -2.14. The predicted octanol–water partition coefficient (Wildman–Crippen LogP) is 3.98. The molecule has 0 bridgehead atoms. The number of likely N-dealkylation sites (N-methyl/N-ethyl adjacent to an activating group) is 1. The molecule has 1 aliphatic heterocycles. The number of ether oxygens (including phenoxy) is 1. The average Bonchev–Trinajstić information content (AvgIpc) is 2.85. The summed E-state index contributed by atoms with van der Waals surface area (Å²) in [6, 6.07) is 7.92. The Bertz CT molecular complexity index is 690. The lowest BCUT2D eigenvalue weighted by atomic mass is 9.94. The molecule has 132 valence electrons. The summed E-state index contributed by atoms with van der Waals surface area (Å²) in [5, 5.41) is 0.620. The maximum absolute atomic E-state index is 12.9. The highest BCUT2D eigenvalue weighted by Crippen LogP contribution is 2.30. The van der Waals surface area contributed by atoms with Crippen molar-refractivity contribution in [3.63, 3.8) is 0 Å². The van der Waals surface area contributed by atoms with Gasteiger partial charge in [0.15, 0.2) is 5.11 Å². The van der Waals surface area contributed by atoms with Crippen molar-refractivity contribution in [1.29, 1.82) is 0 Å². The van der Waals surface area contributed by atoms with Gasteiger partial charge in [0, 0.05) is 13.1 Å². The molecule has 1 aromatic carbocycles. The molecule has 4 nitrogen and oxygen atoms in total. The van der Waals surface area contributed by atoms with Gasteiger partial charge in [-0.2, -0.15) is 0 Å². The first kappa shape index (κ1) is 17.7. The number of benzene rings is 1. The fourth-order valence-corrected chi connectivity index (χ4v) is 3.74. The van der Waals surface area contributed by atoms with Gasteiger partial charge >= 0.3 is 0 Å².